The van der Waals surface area contributed by atoms with E-state index in [-0.39, 0.29) is 0 Å². The molecule has 0 spiro atoms. The van der Waals surface area contributed by atoms with Crippen molar-refractivity contribution < 1.29 is 0 Å². The summed E-state index contributed by atoms with van der Waals surface area (Å²) >= 11 is 0. The molecule has 0 unspecified atom stereocenters. The Bertz CT molecular complexity index is 288. The molecule has 1 radical (unpaired) electrons. The van der Waals surface area contributed by atoms with Gasteiger partial charge in [-0.1, -0.05) is 213 Å². The van der Waals surface area contributed by atoms with Crippen LogP contribution < -0.4 is 0 Å². The van der Waals surface area contributed by atoms with Crippen LogP contribution in [0, 0.1) is 6.42 Å². The van der Waals surface area contributed by atoms with Gasteiger partial charge in [-0.25, -0.2) is 0 Å². The van der Waals surface area contributed by atoms with E-state index in [1.807, 2.05) is 0 Å². The van der Waals surface area contributed by atoms with Gasteiger partial charge >= 0.3 is 0 Å². The lowest BCUT2D eigenvalue weighted by molar-refractivity contribution is 0.528. The van der Waals surface area contributed by atoms with Crippen LogP contribution in [0.1, 0.15) is 213 Å². The lowest BCUT2D eigenvalue weighted by Gasteiger charge is -2.04. The third-order valence-corrected chi connectivity index (χ3v) is 7.77. The van der Waals surface area contributed by atoms with Gasteiger partial charge in [0.05, 0.1) is 0 Å². The normalized spacial score (nSPS) is 11.5. The summed E-state index contributed by atoms with van der Waals surface area (Å²) in [6.45, 7) is 4.61. The Hall–Kier alpha value is 0. The monoisotopic (exact) mass is 478 g/mol. The molecule has 0 amide bonds. The molecule has 0 heteroatoms. The lowest BCUT2D eigenvalue weighted by atomic mass is 10.0. The van der Waals surface area contributed by atoms with Crippen LogP contribution in [0.4, 0.5) is 0 Å². The summed E-state index contributed by atoms with van der Waals surface area (Å²) in [5, 5.41) is 0. The summed E-state index contributed by atoms with van der Waals surface area (Å²) in [6, 6.07) is 0. The maximum Gasteiger partial charge on any atom is -0.0386 e. The van der Waals surface area contributed by atoms with E-state index in [0.29, 0.717) is 0 Å². The molecule has 0 atom stereocenters. The first-order valence-electron chi connectivity index (χ1n) is 16.7. The van der Waals surface area contributed by atoms with Crippen LogP contribution in [0.3, 0.4) is 0 Å². The predicted molar refractivity (Wildman–Crippen MR) is 159 cm³/mol. The molecule has 0 nitrogen and oxygen atoms in total. The summed E-state index contributed by atoms with van der Waals surface area (Å²) in [5.74, 6) is 0. The summed E-state index contributed by atoms with van der Waals surface area (Å²) in [5.41, 5.74) is 0. The number of hydrogen-bond donors (Lipinski definition) is 0. The van der Waals surface area contributed by atoms with Crippen molar-refractivity contribution >= 4 is 0 Å². The second kappa shape index (κ2) is 33.0. The Labute approximate surface area is 219 Å². The van der Waals surface area contributed by atoms with Gasteiger partial charge in [0.2, 0.25) is 0 Å². The Morgan fingerprint density at radius 3 is 0.618 bits per heavy atom. The van der Waals surface area contributed by atoms with Crippen molar-refractivity contribution in [2.75, 3.05) is 0 Å². The fourth-order valence-corrected chi connectivity index (χ4v) is 5.29. The maximum atomic E-state index is 2.59. The minimum Gasteiger partial charge on any atom is -0.0654 e. The molecule has 0 rings (SSSR count). The Balaban J connectivity index is 2.99. The average Bonchev–Trinajstić information content (AvgIpc) is 2.85. The first-order valence-corrected chi connectivity index (χ1v) is 16.7. The van der Waals surface area contributed by atoms with Crippen molar-refractivity contribution in [2.24, 2.45) is 0 Å². The highest BCUT2D eigenvalue weighted by molar-refractivity contribution is 4.64. The van der Waals surface area contributed by atoms with Crippen LogP contribution in [0.5, 0.6) is 0 Å². The standard InChI is InChI=1S/C34H69/c1-3-5-7-9-11-13-15-17-19-21-23-25-27-29-31-33-34-32-30-28-26-24-22-20-18-16-14-12-10-8-6-4-2/h33H,3-32,34H2,1-2H3. The number of rotatable bonds is 31. The molecule has 0 N–H and O–H groups in total. The van der Waals surface area contributed by atoms with Gasteiger partial charge in [-0.05, 0) is 6.42 Å². The van der Waals surface area contributed by atoms with E-state index in [1.165, 1.54) is 199 Å². The molecule has 0 heterocycles. The van der Waals surface area contributed by atoms with Gasteiger partial charge in [0, 0.05) is 0 Å². The van der Waals surface area contributed by atoms with Crippen LogP contribution in [0.15, 0.2) is 0 Å². The van der Waals surface area contributed by atoms with E-state index in [0.717, 1.165) is 0 Å². The van der Waals surface area contributed by atoms with Crippen LogP contribution in [-0.2, 0) is 0 Å². The zero-order valence-corrected chi connectivity index (χ0v) is 24.5. The largest absolute Gasteiger partial charge is 0.0654 e. The maximum absolute atomic E-state index is 2.59. The van der Waals surface area contributed by atoms with E-state index >= 15 is 0 Å². The van der Waals surface area contributed by atoms with Gasteiger partial charge in [-0.2, -0.15) is 0 Å². The zero-order chi connectivity index (χ0) is 24.6. The van der Waals surface area contributed by atoms with Crippen LogP contribution >= 0.6 is 0 Å². The smallest absolute Gasteiger partial charge is 0.0386 e. The molecule has 0 aliphatic carbocycles. The zero-order valence-electron chi connectivity index (χ0n) is 24.5. The van der Waals surface area contributed by atoms with Crippen molar-refractivity contribution in [3.63, 3.8) is 0 Å². The van der Waals surface area contributed by atoms with E-state index < -0.39 is 0 Å². The van der Waals surface area contributed by atoms with Crippen LogP contribution in [0.2, 0.25) is 0 Å². The lowest BCUT2D eigenvalue weighted by Crippen LogP contribution is -1.85. The van der Waals surface area contributed by atoms with Crippen molar-refractivity contribution in [1.82, 2.24) is 0 Å². The van der Waals surface area contributed by atoms with Gasteiger partial charge in [0.25, 0.3) is 0 Å². The predicted octanol–water partition coefficient (Wildman–Crippen LogP) is 13.3. The van der Waals surface area contributed by atoms with Gasteiger partial charge in [-0.15, -0.1) is 0 Å². The molecule has 0 saturated carbocycles. The molecule has 0 aromatic rings. The summed E-state index contributed by atoms with van der Waals surface area (Å²) in [7, 11) is 0. The van der Waals surface area contributed by atoms with E-state index in [2.05, 4.69) is 20.3 Å². The second-order valence-electron chi connectivity index (χ2n) is 11.4. The second-order valence-corrected chi connectivity index (χ2v) is 11.4. The minimum absolute atomic E-state index is 1.37. The molecular formula is C34H69. The Morgan fingerprint density at radius 2 is 0.412 bits per heavy atom. The van der Waals surface area contributed by atoms with Gasteiger partial charge in [0.15, 0.2) is 0 Å². The fraction of sp³-hybridized carbons (Fsp3) is 0.971. The molecule has 0 bridgehead atoms. The first-order chi connectivity index (χ1) is 16.9. The molecule has 0 aliphatic heterocycles. The van der Waals surface area contributed by atoms with Crippen LogP contribution in [-0.4, -0.2) is 0 Å². The van der Waals surface area contributed by atoms with Gasteiger partial charge in [0.1, 0.15) is 0 Å². The van der Waals surface area contributed by atoms with E-state index in [1.54, 1.807) is 0 Å². The summed E-state index contributed by atoms with van der Waals surface area (Å²) in [6.07, 6.45) is 47.9. The highest BCUT2D eigenvalue weighted by Crippen LogP contribution is 2.16. The molecule has 205 valence electrons. The summed E-state index contributed by atoms with van der Waals surface area (Å²) in [4.78, 5) is 0. The van der Waals surface area contributed by atoms with Crippen molar-refractivity contribution in [3.8, 4) is 0 Å². The molecule has 0 aromatic heterocycles. The first kappa shape index (κ1) is 34.0. The van der Waals surface area contributed by atoms with Crippen molar-refractivity contribution in [3.05, 3.63) is 6.42 Å². The average molecular weight is 478 g/mol. The third-order valence-electron chi connectivity index (χ3n) is 7.77. The summed E-state index contributed by atoms with van der Waals surface area (Å²) < 4.78 is 0. The number of hydrogen-bond acceptors (Lipinski definition) is 0. The van der Waals surface area contributed by atoms with Gasteiger partial charge < -0.3 is 0 Å². The molecule has 0 aromatic carbocycles. The van der Waals surface area contributed by atoms with Crippen molar-refractivity contribution in [2.45, 2.75) is 213 Å². The Kier molecular flexibility index (Phi) is 33.0. The Morgan fingerprint density at radius 1 is 0.235 bits per heavy atom. The molecular weight excluding hydrogens is 408 g/mol. The number of unbranched alkanes of at least 4 members (excludes halogenated alkanes) is 31. The quantitative estimate of drug-likeness (QED) is 0.0870. The highest BCUT2D eigenvalue weighted by Gasteiger charge is 1.97. The SMILES string of the molecule is CCCCCCCCCCCCCCCC[CH]CCCCCCCCCCCCCCCCC. The fourth-order valence-electron chi connectivity index (χ4n) is 5.29. The van der Waals surface area contributed by atoms with E-state index in [4.69, 9.17) is 0 Å². The molecule has 0 fully saturated rings. The minimum atomic E-state index is 1.37. The molecule has 34 heavy (non-hydrogen) atoms. The van der Waals surface area contributed by atoms with E-state index in [9.17, 15) is 0 Å². The molecule has 0 aliphatic rings. The highest BCUT2D eigenvalue weighted by atomic mass is 14.0. The van der Waals surface area contributed by atoms with Crippen molar-refractivity contribution in [1.29, 1.82) is 0 Å². The molecule has 0 saturated heterocycles. The van der Waals surface area contributed by atoms with Crippen LogP contribution in [0.25, 0.3) is 0 Å². The third kappa shape index (κ3) is 32.0. The van der Waals surface area contributed by atoms with Gasteiger partial charge in [-0.3, -0.25) is 0 Å². The topological polar surface area (TPSA) is 0 Å².